The Kier molecular flexibility index (Phi) is 1.58. The summed E-state index contributed by atoms with van der Waals surface area (Å²) in [4.78, 5) is 0. The zero-order valence-corrected chi connectivity index (χ0v) is 9.60. The van der Waals surface area contributed by atoms with E-state index in [9.17, 15) is 0 Å². The third kappa shape index (κ3) is 0.857. The summed E-state index contributed by atoms with van der Waals surface area (Å²) in [7, 11) is 0. The fourth-order valence-corrected chi connectivity index (χ4v) is 4.71. The molecule has 1 spiro atoms. The van der Waals surface area contributed by atoms with Gasteiger partial charge in [0.15, 0.2) is 0 Å². The second-order valence-corrected chi connectivity index (χ2v) is 6.49. The standard InChI is InChI=1S/C14H22/c1-10-12-5-4-7-14(12)8-6-11(9-14)13(10,2)3/h11-12H,1,4-9H2,2-3H3. The van der Waals surface area contributed by atoms with Gasteiger partial charge < -0.3 is 0 Å². The van der Waals surface area contributed by atoms with Crippen molar-refractivity contribution in [1.82, 2.24) is 0 Å². The van der Waals surface area contributed by atoms with Gasteiger partial charge in [-0.15, -0.1) is 0 Å². The summed E-state index contributed by atoms with van der Waals surface area (Å²) in [6.07, 6.45) is 8.90. The largest absolute Gasteiger partial charge is 0.0990 e. The van der Waals surface area contributed by atoms with Crippen LogP contribution in [0.25, 0.3) is 0 Å². The molecule has 0 aromatic rings. The van der Waals surface area contributed by atoms with Gasteiger partial charge in [-0.1, -0.05) is 32.4 Å². The molecule has 14 heavy (non-hydrogen) atoms. The molecule has 0 amide bonds. The van der Waals surface area contributed by atoms with Gasteiger partial charge in [0.2, 0.25) is 0 Å². The molecule has 3 saturated carbocycles. The lowest BCUT2D eigenvalue weighted by Crippen LogP contribution is -2.38. The summed E-state index contributed by atoms with van der Waals surface area (Å²) < 4.78 is 0. The van der Waals surface area contributed by atoms with E-state index in [0.29, 0.717) is 5.41 Å². The van der Waals surface area contributed by atoms with E-state index in [1.807, 2.05) is 0 Å². The molecule has 0 nitrogen and oxygen atoms in total. The minimum atomic E-state index is 0.439. The van der Waals surface area contributed by atoms with Gasteiger partial charge in [0.05, 0.1) is 0 Å². The molecule has 0 aromatic heterocycles. The van der Waals surface area contributed by atoms with Crippen molar-refractivity contribution in [3.05, 3.63) is 12.2 Å². The predicted molar refractivity (Wildman–Crippen MR) is 60.0 cm³/mol. The first kappa shape index (κ1) is 9.00. The van der Waals surface area contributed by atoms with Crippen molar-refractivity contribution in [2.75, 3.05) is 0 Å². The maximum absolute atomic E-state index is 4.45. The highest BCUT2D eigenvalue weighted by atomic mass is 14.6. The second-order valence-electron chi connectivity index (χ2n) is 6.49. The van der Waals surface area contributed by atoms with Crippen molar-refractivity contribution in [1.29, 1.82) is 0 Å². The van der Waals surface area contributed by atoms with Crippen molar-refractivity contribution in [3.63, 3.8) is 0 Å². The minimum Gasteiger partial charge on any atom is -0.0990 e. The van der Waals surface area contributed by atoms with E-state index in [1.165, 1.54) is 38.5 Å². The van der Waals surface area contributed by atoms with Gasteiger partial charge in [-0.2, -0.15) is 0 Å². The average Bonchev–Trinajstić information content (AvgIpc) is 2.71. The van der Waals surface area contributed by atoms with Crippen LogP contribution >= 0.6 is 0 Å². The molecule has 0 saturated heterocycles. The third-order valence-corrected chi connectivity index (χ3v) is 5.82. The van der Waals surface area contributed by atoms with Crippen LogP contribution in [0.1, 0.15) is 52.4 Å². The molecule has 2 bridgehead atoms. The van der Waals surface area contributed by atoms with Crippen molar-refractivity contribution in [3.8, 4) is 0 Å². The summed E-state index contributed by atoms with van der Waals surface area (Å²) in [5.74, 6) is 1.83. The maximum atomic E-state index is 4.45. The van der Waals surface area contributed by atoms with Crippen LogP contribution in [0.2, 0.25) is 0 Å². The van der Waals surface area contributed by atoms with E-state index < -0.39 is 0 Å². The van der Waals surface area contributed by atoms with Crippen LogP contribution in [0, 0.1) is 22.7 Å². The Balaban J connectivity index is 2.06. The van der Waals surface area contributed by atoms with Crippen LogP contribution in [0.5, 0.6) is 0 Å². The van der Waals surface area contributed by atoms with Gasteiger partial charge >= 0.3 is 0 Å². The predicted octanol–water partition coefficient (Wildman–Crippen LogP) is 4.17. The Morgan fingerprint density at radius 3 is 2.79 bits per heavy atom. The summed E-state index contributed by atoms with van der Waals surface area (Å²) in [6, 6.07) is 0. The Labute approximate surface area is 87.8 Å². The molecule has 3 atom stereocenters. The Bertz CT molecular complexity index is 286. The molecule has 0 heteroatoms. The van der Waals surface area contributed by atoms with Gasteiger partial charge in [0, 0.05) is 0 Å². The van der Waals surface area contributed by atoms with Crippen LogP contribution in [0.3, 0.4) is 0 Å². The molecule has 0 aliphatic heterocycles. The summed E-state index contributed by atoms with van der Waals surface area (Å²) in [5.41, 5.74) is 2.77. The molecular weight excluding hydrogens is 168 g/mol. The van der Waals surface area contributed by atoms with Crippen LogP contribution in [0.15, 0.2) is 12.2 Å². The highest BCUT2D eigenvalue weighted by molar-refractivity contribution is 5.25. The van der Waals surface area contributed by atoms with E-state index in [1.54, 1.807) is 5.57 Å². The summed E-state index contributed by atoms with van der Waals surface area (Å²) in [5, 5.41) is 0. The highest BCUT2D eigenvalue weighted by Crippen LogP contribution is 2.68. The summed E-state index contributed by atoms with van der Waals surface area (Å²) >= 11 is 0. The van der Waals surface area contributed by atoms with E-state index in [-0.39, 0.29) is 0 Å². The van der Waals surface area contributed by atoms with Crippen LogP contribution in [0.4, 0.5) is 0 Å². The van der Waals surface area contributed by atoms with Crippen LogP contribution in [-0.4, -0.2) is 0 Å². The smallest absolute Gasteiger partial charge is 0.0116 e. The van der Waals surface area contributed by atoms with E-state index >= 15 is 0 Å². The van der Waals surface area contributed by atoms with Gasteiger partial charge in [-0.25, -0.2) is 0 Å². The molecule has 0 radical (unpaired) electrons. The maximum Gasteiger partial charge on any atom is -0.0116 e. The van der Waals surface area contributed by atoms with Crippen LogP contribution < -0.4 is 0 Å². The normalized spacial score (nSPS) is 49.4. The van der Waals surface area contributed by atoms with Gasteiger partial charge in [-0.05, 0) is 54.8 Å². The first-order chi connectivity index (χ1) is 6.56. The van der Waals surface area contributed by atoms with Crippen molar-refractivity contribution >= 4 is 0 Å². The molecule has 3 unspecified atom stereocenters. The molecule has 3 aliphatic rings. The number of hydrogen-bond acceptors (Lipinski definition) is 0. The molecule has 78 valence electrons. The van der Waals surface area contributed by atoms with Gasteiger partial charge in [0.25, 0.3) is 0 Å². The molecule has 3 rings (SSSR count). The fourth-order valence-electron chi connectivity index (χ4n) is 4.71. The van der Waals surface area contributed by atoms with Crippen molar-refractivity contribution < 1.29 is 0 Å². The van der Waals surface area contributed by atoms with Crippen LogP contribution in [-0.2, 0) is 0 Å². The zero-order chi connectivity index (χ0) is 9.97. The SMILES string of the molecule is C=C1C2CCCC23CCC(C3)C1(C)C. The topological polar surface area (TPSA) is 0 Å². The first-order valence-corrected chi connectivity index (χ1v) is 6.25. The molecular formula is C14H22. The molecule has 3 aliphatic carbocycles. The first-order valence-electron chi connectivity index (χ1n) is 6.25. The molecule has 0 aromatic carbocycles. The lowest BCUT2D eigenvalue weighted by molar-refractivity contribution is 0.119. The van der Waals surface area contributed by atoms with E-state index in [0.717, 1.165) is 17.3 Å². The Morgan fingerprint density at radius 1 is 1.21 bits per heavy atom. The number of allylic oxidation sites excluding steroid dienone is 1. The second kappa shape index (κ2) is 2.46. The molecule has 0 heterocycles. The number of rotatable bonds is 0. The van der Waals surface area contributed by atoms with E-state index in [4.69, 9.17) is 0 Å². The van der Waals surface area contributed by atoms with Gasteiger partial charge in [0.1, 0.15) is 0 Å². The zero-order valence-electron chi connectivity index (χ0n) is 9.60. The Hall–Kier alpha value is -0.260. The molecule has 3 fully saturated rings. The van der Waals surface area contributed by atoms with E-state index in [2.05, 4.69) is 20.4 Å². The minimum absolute atomic E-state index is 0.439. The van der Waals surface area contributed by atoms with Crippen molar-refractivity contribution in [2.45, 2.75) is 52.4 Å². The highest BCUT2D eigenvalue weighted by Gasteiger charge is 2.57. The third-order valence-electron chi connectivity index (χ3n) is 5.82. The number of fused-ring (bicyclic) bond motifs is 1. The molecule has 0 N–H and O–H groups in total. The summed E-state index contributed by atoms with van der Waals surface area (Å²) in [6.45, 7) is 9.32. The van der Waals surface area contributed by atoms with Gasteiger partial charge in [-0.3, -0.25) is 0 Å². The lowest BCUT2D eigenvalue weighted by Gasteiger charge is -2.47. The lowest BCUT2D eigenvalue weighted by atomic mass is 9.58. The monoisotopic (exact) mass is 190 g/mol. The van der Waals surface area contributed by atoms with Crippen molar-refractivity contribution in [2.24, 2.45) is 22.7 Å². The fraction of sp³-hybridized carbons (Fsp3) is 0.857. The Morgan fingerprint density at radius 2 is 2.00 bits per heavy atom. The quantitative estimate of drug-likeness (QED) is 0.503. The number of hydrogen-bond donors (Lipinski definition) is 0. The average molecular weight is 190 g/mol.